The quantitative estimate of drug-likeness (QED) is 0.774. The van der Waals surface area contributed by atoms with Gasteiger partial charge < -0.3 is 10.2 Å². The first-order chi connectivity index (χ1) is 9.32. The molecule has 1 aromatic heterocycles. The van der Waals surface area contributed by atoms with Gasteiger partial charge in [-0.3, -0.25) is 4.98 Å². The molecule has 0 aliphatic rings. The summed E-state index contributed by atoms with van der Waals surface area (Å²) in [6.07, 6.45) is 1.18. The van der Waals surface area contributed by atoms with Gasteiger partial charge in [-0.15, -0.1) is 0 Å². The minimum absolute atomic E-state index is 0.368. The molecule has 0 radical (unpaired) electrons. The van der Waals surface area contributed by atoms with Crippen LogP contribution in [0.5, 0.6) is 0 Å². The minimum atomic E-state index is 0.368. The van der Waals surface area contributed by atoms with E-state index in [1.807, 2.05) is 0 Å². The minimum Gasteiger partial charge on any atom is -0.310 e. The van der Waals surface area contributed by atoms with Gasteiger partial charge in [-0.1, -0.05) is 0 Å². The van der Waals surface area contributed by atoms with Crippen LogP contribution >= 0.6 is 0 Å². The number of aryl methyl sites for hydroxylation is 3. The highest BCUT2D eigenvalue weighted by atomic mass is 15.1. The Morgan fingerprint density at radius 2 is 1.85 bits per heavy atom. The third-order valence-corrected chi connectivity index (χ3v) is 4.04. The summed E-state index contributed by atoms with van der Waals surface area (Å²) < 4.78 is 0. The first-order valence-corrected chi connectivity index (χ1v) is 7.71. The summed E-state index contributed by atoms with van der Waals surface area (Å²) in [5, 5.41) is 3.63. The van der Waals surface area contributed by atoms with Crippen molar-refractivity contribution in [2.45, 2.75) is 60.0 Å². The fourth-order valence-corrected chi connectivity index (χ4v) is 2.70. The lowest BCUT2D eigenvalue weighted by atomic mass is 10.0. The monoisotopic (exact) mass is 277 g/mol. The van der Waals surface area contributed by atoms with Crippen molar-refractivity contribution in [1.29, 1.82) is 0 Å². The molecule has 20 heavy (non-hydrogen) atoms. The molecule has 1 atom stereocenters. The Hall–Kier alpha value is -0.930. The average molecular weight is 277 g/mol. The van der Waals surface area contributed by atoms with Gasteiger partial charge in [0.25, 0.3) is 0 Å². The normalized spacial score (nSPS) is 13.2. The summed E-state index contributed by atoms with van der Waals surface area (Å²) >= 11 is 0. The third kappa shape index (κ3) is 4.88. The van der Waals surface area contributed by atoms with Crippen molar-refractivity contribution in [2.75, 3.05) is 20.1 Å². The molecule has 0 aliphatic carbocycles. The number of aromatic nitrogens is 1. The fraction of sp³-hybridized carbons (Fsp3) is 0.706. The highest BCUT2D eigenvalue weighted by Gasteiger charge is 2.12. The Labute approximate surface area is 124 Å². The number of hydrogen-bond acceptors (Lipinski definition) is 3. The molecule has 114 valence electrons. The number of nitrogens with one attached hydrogen (secondary N) is 1. The van der Waals surface area contributed by atoms with Crippen molar-refractivity contribution < 1.29 is 0 Å². The van der Waals surface area contributed by atoms with Crippen molar-refractivity contribution in [3.63, 3.8) is 0 Å². The zero-order valence-electron chi connectivity index (χ0n) is 14.2. The molecule has 0 fully saturated rings. The number of nitrogens with zero attached hydrogens (tertiary/aromatic N) is 2. The van der Waals surface area contributed by atoms with E-state index in [1.165, 1.54) is 17.5 Å². The maximum atomic E-state index is 4.59. The Kier molecular flexibility index (Phi) is 6.63. The van der Waals surface area contributed by atoms with E-state index in [2.05, 4.69) is 69.9 Å². The molecule has 1 unspecified atom stereocenters. The highest BCUT2D eigenvalue weighted by molar-refractivity contribution is 5.33. The van der Waals surface area contributed by atoms with E-state index in [-0.39, 0.29) is 0 Å². The van der Waals surface area contributed by atoms with Crippen molar-refractivity contribution in [2.24, 2.45) is 0 Å². The Balaban J connectivity index is 2.50. The van der Waals surface area contributed by atoms with Crippen LogP contribution in [0.4, 0.5) is 0 Å². The molecule has 0 saturated heterocycles. The lowest BCUT2D eigenvalue weighted by Gasteiger charge is -2.22. The maximum Gasteiger partial charge on any atom is 0.0426 e. The van der Waals surface area contributed by atoms with E-state index in [0.29, 0.717) is 12.1 Å². The molecular weight excluding hydrogens is 246 g/mol. The Bertz CT molecular complexity index is 403. The molecule has 3 heteroatoms. The Morgan fingerprint density at radius 3 is 2.40 bits per heavy atom. The first kappa shape index (κ1) is 17.1. The van der Waals surface area contributed by atoms with E-state index in [0.717, 1.165) is 24.5 Å². The summed E-state index contributed by atoms with van der Waals surface area (Å²) in [6, 6.07) is 3.17. The van der Waals surface area contributed by atoms with Crippen molar-refractivity contribution in [1.82, 2.24) is 15.2 Å². The van der Waals surface area contributed by atoms with Crippen LogP contribution in [0.2, 0.25) is 0 Å². The molecule has 0 aliphatic heterocycles. The molecule has 1 aromatic rings. The molecule has 1 N–H and O–H groups in total. The van der Waals surface area contributed by atoms with E-state index in [1.54, 1.807) is 0 Å². The average Bonchev–Trinajstić information content (AvgIpc) is 2.32. The standard InChI is InChI=1S/C17H31N3/c1-12(2)20(7)10-8-9-18-15(5)17-13(3)11-14(4)19-16(17)6/h11-12,15,18H,8-10H2,1-7H3. The van der Waals surface area contributed by atoms with Crippen molar-refractivity contribution >= 4 is 0 Å². The van der Waals surface area contributed by atoms with Gasteiger partial charge in [0.1, 0.15) is 0 Å². The molecular formula is C17H31N3. The smallest absolute Gasteiger partial charge is 0.0426 e. The number of pyridine rings is 1. The van der Waals surface area contributed by atoms with Crippen LogP contribution in [0.15, 0.2) is 6.07 Å². The largest absolute Gasteiger partial charge is 0.310 e. The molecule has 0 saturated carbocycles. The molecule has 1 rings (SSSR count). The fourth-order valence-electron chi connectivity index (χ4n) is 2.70. The number of rotatable bonds is 7. The van der Waals surface area contributed by atoms with Crippen LogP contribution < -0.4 is 5.32 Å². The lowest BCUT2D eigenvalue weighted by molar-refractivity contribution is 0.268. The zero-order valence-corrected chi connectivity index (χ0v) is 14.2. The topological polar surface area (TPSA) is 28.2 Å². The first-order valence-electron chi connectivity index (χ1n) is 7.71. The van der Waals surface area contributed by atoms with Gasteiger partial charge in [0.15, 0.2) is 0 Å². The second kappa shape index (κ2) is 7.75. The molecule has 0 aromatic carbocycles. The molecule has 0 spiro atoms. The van der Waals surface area contributed by atoms with Gasteiger partial charge in [0, 0.05) is 23.5 Å². The van der Waals surface area contributed by atoms with Crippen LogP contribution in [0.1, 0.15) is 55.7 Å². The van der Waals surface area contributed by atoms with Crippen LogP contribution in [0.3, 0.4) is 0 Å². The highest BCUT2D eigenvalue weighted by Crippen LogP contribution is 2.21. The van der Waals surface area contributed by atoms with Crippen molar-refractivity contribution in [3.05, 3.63) is 28.6 Å². The Morgan fingerprint density at radius 1 is 1.20 bits per heavy atom. The second-order valence-electron chi connectivity index (χ2n) is 6.18. The molecule has 3 nitrogen and oxygen atoms in total. The molecule has 0 bridgehead atoms. The predicted molar refractivity (Wildman–Crippen MR) is 87.2 cm³/mol. The van der Waals surface area contributed by atoms with Gasteiger partial charge in [-0.25, -0.2) is 0 Å². The predicted octanol–water partition coefficient (Wildman–Crippen LogP) is 3.39. The second-order valence-corrected chi connectivity index (χ2v) is 6.18. The van der Waals surface area contributed by atoms with Gasteiger partial charge >= 0.3 is 0 Å². The maximum absolute atomic E-state index is 4.59. The van der Waals surface area contributed by atoms with Crippen LogP contribution in [0.25, 0.3) is 0 Å². The van der Waals surface area contributed by atoms with Gasteiger partial charge in [-0.2, -0.15) is 0 Å². The SMILES string of the molecule is Cc1cc(C)c(C(C)NCCCN(C)C(C)C)c(C)n1. The lowest BCUT2D eigenvalue weighted by Crippen LogP contribution is -2.30. The van der Waals surface area contributed by atoms with Crippen LogP contribution in [0, 0.1) is 20.8 Å². The van der Waals surface area contributed by atoms with E-state index in [9.17, 15) is 0 Å². The van der Waals surface area contributed by atoms with Gasteiger partial charge in [0.2, 0.25) is 0 Å². The van der Waals surface area contributed by atoms with Crippen molar-refractivity contribution in [3.8, 4) is 0 Å². The summed E-state index contributed by atoms with van der Waals surface area (Å²) in [6.45, 7) is 15.2. The molecule has 0 amide bonds. The third-order valence-electron chi connectivity index (χ3n) is 4.04. The van der Waals surface area contributed by atoms with Gasteiger partial charge in [0.05, 0.1) is 0 Å². The molecule has 1 heterocycles. The summed E-state index contributed by atoms with van der Waals surface area (Å²) in [7, 11) is 2.19. The summed E-state index contributed by atoms with van der Waals surface area (Å²) in [5.74, 6) is 0. The summed E-state index contributed by atoms with van der Waals surface area (Å²) in [4.78, 5) is 6.97. The van der Waals surface area contributed by atoms with Crippen LogP contribution in [-0.4, -0.2) is 36.1 Å². The number of hydrogen-bond donors (Lipinski definition) is 1. The van der Waals surface area contributed by atoms with Gasteiger partial charge in [-0.05, 0) is 85.3 Å². The van der Waals surface area contributed by atoms with E-state index >= 15 is 0 Å². The zero-order chi connectivity index (χ0) is 15.3. The summed E-state index contributed by atoms with van der Waals surface area (Å²) in [5.41, 5.74) is 4.96. The van der Waals surface area contributed by atoms with E-state index < -0.39 is 0 Å². The van der Waals surface area contributed by atoms with Crippen LogP contribution in [-0.2, 0) is 0 Å². The van der Waals surface area contributed by atoms with E-state index in [4.69, 9.17) is 0 Å².